The first-order chi connectivity index (χ1) is 9.60. The standard InChI is InChI=1S/C15H14FNO3/c1-20-13-7-5-10(6-8-13)14(18)15(19)17-12-4-2-3-11(16)9-12/h2-9,14,18H,1H3,(H,17,19). The van der Waals surface area contributed by atoms with Crippen LogP contribution < -0.4 is 10.1 Å². The molecule has 1 atom stereocenters. The Balaban J connectivity index is 2.07. The molecule has 1 unspecified atom stereocenters. The number of aliphatic hydroxyl groups is 1. The van der Waals surface area contributed by atoms with Gasteiger partial charge in [0.2, 0.25) is 0 Å². The highest BCUT2D eigenvalue weighted by Gasteiger charge is 2.17. The van der Waals surface area contributed by atoms with Crippen molar-refractivity contribution < 1.29 is 19.0 Å². The van der Waals surface area contributed by atoms with Gasteiger partial charge in [-0.25, -0.2) is 4.39 Å². The first-order valence-electron chi connectivity index (χ1n) is 5.98. The molecule has 0 fully saturated rings. The number of benzene rings is 2. The molecule has 2 aromatic rings. The monoisotopic (exact) mass is 275 g/mol. The molecule has 0 aliphatic rings. The summed E-state index contributed by atoms with van der Waals surface area (Å²) < 4.78 is 18.0. The maximum Gasteiger partial charge on any atom is 0.257 e. The average Bonchev–Trinajstić information content (AvgIpc) is 2.46. The molecule has 0 radical (unpaired) electrons. The Bertz CT molecular complexity index is 598. The molecule has 1 amide bonds. The van der Waals surface area contributed by atoms with Gasteiger partial charge in [-0.05, 0) is 35.9 Å². The van der Waals surface area contributed by atoms with E-state index >= 15 is 0 Å². The Kier molecular flexibility index (Phi) is 4.32. The smallest absolute Gasteiger partial charge is 0.257 e. The lowest BCUT2D eigenvalue weighted by atomic mass is 10.1. The molecule has 0 spiro atoms. The highest BCUT2D eigenvalue weighted by Crippen LogP contribution is 2.19. The van der Waals surface area contributed by atoms with Gasteiger partial charge < -0.3 is 15.2 Å². The molecule has 2 rings (SSSR count). The minimum absolute atomic E-state index is 0.294. The predicted octanol–water partition coefficient (Wildman–Crippen LogP) is 2.51. The van der Waals surface area contributed by atoms with E-state index in [1.54, 1.807) is 30.3 Å². The minimum Gasteiger partial charge on any atom is -0.497 e. The van der Waals surface area contributed by atoms with E-state index < -0.39 is 17.8 Å². The molecule has 0 aromatic heterocycles. The minimum atomic E-state index is -1.33. The Morgan fingerprint density at radius 3 is 2.55 bits per heavy atom. The molecule has 2 aromatic carbocycles. The number of hydrogen-bond acceptors (Lipinski definition) is 3. The second-order valence-electron chi connectivity index (χ2n) is 4.18. The highest BCUT2D eigenvalue weighted by molar-refractivity contribution is 5.94. The van der Waals surface area contributed by atoms with Gasteiger partial charge in [-0.2, -0.15) is 0 Å². The quantitative estimate of drug-likeness (QED) is 0.901. The van der Waals surface area contributed by atoms with Gasteiger partial charge in [0, 0.05) is 5.69 Å². The van der Waals surface area contributed by atoms with E-state index in [1.165, 1.54) is 25.3 Å². The van der Waals surface area contributed by atoms with E-state index in [9.17, 15) is 14.3 Å². The molecule has 4 nitrogen and oxygen atoms in total. The summed E-state index contributed by atoms with van der Waals surface area (Å²) in [6.45, 7) is 0. The van der Waals surface area contributed by atoms with Crippen LogP contribution in [0.25, 0.3) is 0 Å². The number of ether oxygens (including phenoxy) is 1. The van der Waals surface area contributed by atoms with Crippen molar-refractivity contribution in [3.8, 4) is 5.75 Å². The summed E-state index contributed by atoms with van der Waals surface area (Å²) in [5.41, 5.74) is 0.724. The fourth-order valence-corrected chi connectivity index (χ4v) is 1.71. The second kappa shape index (κ2) is 6.16. The average molecular weight is 275 g/mol. The van der Waals surface area contributed by atoms with Gasteiger partial charge in [0.05, 0.1) is 7.11 Å². The topological polar surface area (TPSA) is 58.6 Å². The van der Waals surface area contributed by atoms with Crippen LogP contribution in [0.15, 0.2) is 48.5 Å². The molecule has 0 saturated heterocycles. The van der Waals surface area contributed by atoms with E-state index in [2.05, 4.69) is 5.32 Å². The van der Waals surface area contributed by atoms with Gasteiger partial charge in [-0.15, -0.1) is 0 Å². The zero-order chi connectivity index (χ0) is 14.5. The fourth-order valence-electron chi connectivity index (χ4n) is 1.71. The number of aliphatic hydroxyl groups excluding tert-OH is 1. The molecule has 0 aliphatic carbocycles. The largest absolute Gasteiger partial charge is 0.497 e. The molecule has 0 aliphatic heterocycles. The van der Waals surface area contributed by atoms with Crippen molar-refractivity contribution in [1.82, 2.24) is 0 Å². The van der Waals surface area contributed by atoms with Crippen molar-refractivity contribution in [3.63, 3.8) is 0 Å². The van der Waals surface area contributed by atoms with Gasteiger partial charge in [0.1, 0.15) is 11.6 Å². The van der Waals surface area contributed by atoms with Gasteiger partial charge in [0.25, 0.3) is 5.91 Å². The van der Waals surface area contributed by atoms with E-state index in [4.69, 9.17) is 4.74 Å². The van der Waals surface area contributed by atoms with E-state index in [-0.39, 0.29) is 0 Å². The molecule has 0 saturated carbocycles. The van der Waals surface area contributed by atoms with Crippen LogP contribution in [0.4, 0.5) is 10.1 Å². The van der Waals surface area contributed by atoms with Gasteiger partial charge >= 0.3 is 0 Å². The number of carbonyl (C=O) groups is 1. The predicted molar refractivity (Wildman–Crippen MR) is 73.0 cm³/mol. The summed E-state index contributed by atoms with van der Waals surface area (Å²) in [6, 6.07) is 12.0. The van der Waals surface area contributed by atoms with E-state index in [0.29, 0.717) is 17.0 Å². The molecule has 5 heteroatoms. The summed E-state index contributed by atoms with van der Waals surface area (Å²) in [5.74, 6) is -0.450. The third-order valence-electron chi connectivity index (χ3n) is 2.77. The van der Waals surface area contributed by atoms with Crippen LogP contribution in [0, 0.1) is 5.82 Å². The molecule has 20 heavy (non-hydrogen) atoms. The summed E-state index contributed by atoms with van der Waals surface area (Å²) in [7, 11) is 1.53. The Morgan fingerprint density at radius 1 is 1.25 bits per heavy atom. The van der Waals surface area contributed by atoms with E-state index in [0.717, 1.165) is 0 Å². The zero-order valence-electron chi connectivity index (χ0n) is 10.8. The lowest BCUT2D eigenvalue weighted by Gasteiger charge is -2.12. The number of amides is 1. The lowest BCUT2D eigenvalue weighted by Crippen LogP contribution is -2.20. The van der Waals surface area contributed by atoms with Gasteiger partial charge in [0.15, 0.2) is 6.10 Å². The number of nitrogens with one attached hydrogen (secondary N) is 1. The molecular weight excluding hydrogens is 261 g/mol. The summed E-state index contributed by atoms with van der Waals surface area (Å²) in [6.07, 6.45) is -1.33. The van der Waals surface area contributed by atoms with Gasteiger partial charge in [-0.1, -0.05) is 18.2 Å². The molecule has 0 bridgehead atoms. The summed E-state index contributed by atoms with van der Waals surface area (Å²) in [4.78, 5) is 11.9. The maximum absolute atomic E-state index is 13.0. The van der Waals surface area contributed by atoms with Crippen molar-refractivity contribution in [2.45, 2.75) is 6.10 Å². The maximum atomic E-state index is 13.0. The molecule has 104 valence electrons. The first kappa shape index (κ1) is 14.0. The zero-order valence-corrected chi connectivity index (χ0v) is 10.8. The van der Waals surface area contributed by atoms with Crippen molar-refractivity contribution in [1.29, 1.82) is 0 Å². The van der Waals surface area contributed by atoms with Crippen molar-refractivity contribution in [3.05, 3.63) is 59.9 Å². The number of rotatable bonds is 4. The summed E-state index contributed by atoms with van der Waals surface area (Å²) >= 11 is 0. The number of anilines is 1. The third-order valence-corrected chi connectivity index (χ3v) is 2.77. The molecular formula is C15H14FNO3. The normalized spacial score (nSPS) is 11.8. The van der Waals surface area contributed by atoms with Crippen LogP contribution in [0.2, 0.25) is 0 Å². The number of halogens is 1. The summed E-state index contributed by atoms with van der Waals surface area (Å²) in [5, 5.41) is 12.4. The number of methoxy groups -OCH3 is 1. The SMILES string of the molecule is COc1ccc(C(O)C(=O)Nc2cccc(F)c2)cc1. The number of hydrogen-bond donors (Lipinski definition) is 2. The van der Waals surface area contributed by atoms with E-state index in [1.807, 2.05) is 0 Å². The molecule has 0 heterocycles. The Hall–Kier alpha value is -2.40. The van der Waals surface area contributed by atoms with Crippen LogP contribution in [0.1, 0.15) is 11.7 Å². The third kappa shape index (κ3) is 3.33. The van der Waals surface area contributed by atoms with Crippen LogP contribution in [-0.4, -0.2) is 18.1 Å². The van der Waals surface area contributed by atoms with Crippen LogP contribution >= 0.6 is 0 Å². The first-order valence-corrected chi connectivity index (χ1v) is 5.98. The Morgan fingerprint density at radius 2 is 1.95 bits per heavy atom. The highest BCUT2D eigenvalue weighted by atomic mass is 19.1. The van der Waals surface area contributed by atoms with Crippen molar-refractivity contribution >= 4 is 11.6 Å². The van der Waals surface area contributed by atoms with Crippen LogP contribution in [-0.2, 0) is 4.79 Å². The number of carbonyl (C=O) groups excluding carboxylic acids is 1. The van der Waals surface area contributed by atoms with Crippen LogP contribution in [0.3, 0.4) is 0 Å². The van der Waals surface area contributed by atoms with Crippen molar-refractivity contribution in [2.75, 3.05) is 12.4 Å². The second-order valence-corrected chi connectivity index (χ2v) is 4.18. The Labute approximate surface area is 115 Å². The van der Waals surface area contributed by atoms with Crippen molar-refractivity contribution in [2.24, 2.45) is 0 Å². The molecule has 2 N–H and O–H groups in total. The lowest BCUT2D eigenvalue weighted by molar-refractivity contribution is -0.124. The fraction of sp³-hybridized carbons (Fsp3) is 0.133. The van der Waals surface area contributed by atoms with Crippen LogP contribution in [0.5, 0.6) is 5.75 Å². The van der Waals surface area contributed by atoms with Gasteiger partial charge in [-0.3, -0.25) is 4.79 Å².